The summed E-state index contributed by atoms with van der Waals surface area (Å²) in [6, 6.07) is 4.18. The number of halogens is 1. The minimum absolute atomic E-state index is 0.126. The van der Waals surface area contributed by atoms with E-state index in [1.165, 1.54) is 23.5 Å². The predicted molar refractivity (Wildman–Crippen MR) is 76.6 cm³/mol. The number of hydrogen-bond acceptors (Lipinski definition) is 3. The molecule has 0 saturated carbocycles. The number of carbonyl (C=O) groups excluding carboxylic acids is 1. The monoisotopic (exact) mass is 276 g/mol. The van der Waals surface area contributed by atoms with Crippen LogP contribution in [0.15, 0.2) is 18.2 Å². The molecule has 0 bridgehead atoms. The molecule has 1 heterocycles. The van der Waals surface area contributed by atoms with Crippen LogP contribution in [0.25, 0.3) is 10.1 Å². The Bertz CT molecular complexity index is 672. The first-order chi connectivity index (χ1) is 9.02. The fourth-order valence-electron chi connectivity index (χ4n) is 1.77. The molecule has 1 unspecified atom stereocenters. The van der Waals surface area contributed by atoms with Crippen molar-refractivity contribution in [3.63, 3.8) is 0 Å². The number of carbonyl (C=O) groups is 1. The lowest BCUT2D eigenvalue weighted by molar-refractivity contribution is 0.0946. The van der Waals surface area contributed by atoms with Crippen molar-refractivity contribution in [3.8, 4) is 12.3 Å². The number of anilines is 1. The van der Waals surface area contributed by atoms with Crippen molar-refractivity contribution in [2.75, 3.05) is 5.73 Å². The van der Waals surface area contributed by atoms with E-state index in [0.29, 0.717) is 22.4 Å². The van der Waals surface area contributed by atoms with Gasteiger partial charge in [0.15, 0.2) is 0 Å². The van der Waals surface area contributed by atoms with E-state index in [1.807, 2.05) is 6.92 Å². The molecule has 0 spiro atoms. The van der Waals surface area contributed by atoms with Gasteiger partial charge in [-0.05, 0) is 25.1 Å². The maximum atomic E-state index is 13.2. The first kappa shape index (κ1) is 13.4. The molecule has 2 rings (SSSR count). The first-order valence-corrected chi connectivity index (χ1v) is 6.56. The third-order valence-electron chi connectivity index (χ3n) is 2.70. The molecular weight excluding hydrogens is 263 g/mol. The van der Waals surface area contributed by atoms with Crippen LogP contribution < -0.4 is 11.1 Å². The largest absolute Gasteiger partial charge is 0.397 e. The van der Waals surface area contributed by atoms with Crippen LogP contribution in [0.5, 0.6) is 0 Å². The van der Waals surface area contributed by atoms with Gasteiger partial charge in [0.25, 0.3) is 5.91 Å². The molecule has 5 heteroatoms. The number of amides is 1. The van der Waals surface area contributed by atoms with E-state index in [2.05, 4.69) is 11.2 Å². The minimum atomic E-state index is -0.371. The fourth-order valence-corrected chi connectivity index (χ4v) is 2.78. The van der Waals surface area contributed by atoms with Gasteiger partial charge in [-0.1, -0.05) is 0 Å². The molecule has 3 nitrogen and oxygen atoms in total. The molecule has 1 amide bonds. The summed E-state index contributed by atoms with van der Waals surface area (Å²) < 4.78 is 13.9. The molecule has 0 aliphatic heterocycles. The zero-order valence-electron chi connectivity index (χ0n) is 10.4. The number of rotatable bonds is 3. The Morgan fingerprint density at radius 2 is 2.37 bits per heavy atom. The van der Waals surface area contributed by atoms with E-state index < -0.39 is 0 Å². The van der Waals surface area contributed by atoms with E-state index in [4.69, 9.17) is 12.2 Å². The Morgan fingerprint density at radius 3 is 3.05 bits per heavy atom. The number of fused-ring (bicyclic) bond motifs is 1. The van der Waals surface area contributed by atoms with Crippen LogP contribution in [0.1, 0.15) is 23.0 Å². The molecule has 1 atom stereocenters. The van der Waals surface area contributed by atoms with Crippen molar-refractivity contribution in [1.29, 1.82) is 0 Å². The third-order valence-corrected chi connectivity index (χ3v) is 3.88. The summed E-state index contributed by atoms with van der Waals surface area (Å²) in [5.41, 5.74) is 6.21. The van der Waals surface area contributed by atoms with Crippen molar-refractivity contribution in [2.24, 2.45) is 0 Å². The summed E-state index contributed by atoms with van der Waals surface area (Å²) >= 11 is 1.25. The Hall–Kier alpha value is -2.06. The number of nitrogens with two attached hydrogens (primary N) is 1. The summed E-state index contributed by atoms with van der Waals surface area (Å²) in [6.45, 7) is 1.82. The molecule has 98 valence electrons. The summed E-state index contributed by atoms with van der Waals surface area (Å²) in [5.74, 6) is 1.83. The number of nitrogen functional groups attached to an aromatic ring is 1. The van der Waals surface area contributed by atoms with Crippen molar-refractivity contribution in [1.82, 2.24) is 5.32 Å². The number of nitrogens with one attached hydrogen (secondary N) is 1. The lowest BCUT2D eigenvalue weighted by Gasteiger charge is -2.09. The van der Waals surface area contributed by atoms with Gasteiger partial charge in [-0.2, -0.15) is 0 Å². The average molecular weight is 276 g/mol. The first-order valence-electron chi connectivity index (χ1n) is 5.74. The quantitative estimate of drug-likeness (QED) is 0.847. The summed E-state index contributed by atoms with van der Waals surface area (Å²) in [5, 5.41) is 3.34. The molecule has 3 N–H and O–H groups in total. The highest BCUT2D eigenvalue weighted by Gasteiger charge is 2.17. The molecule has 2 aromatic rings. The smallest absolute Gasteiger partial charge is 0.263 e. The summed E-state index contributed by atoms with van der Waals surface area (Å²) in [4.78, 5) is 12.5. The second-order valence-electron chi connectivity index (χ2n) is 4.27. The van der Waals surface area contributed by atoms with Gasteiger partial charge in [0.2, 0.25) is 0 Å². The molecule has 19 heavy (non-hydrogen) atoms. The van der Waals surface area contributed by atoms with E-state index >= 15 is 0 Å². The molecule has 0 aliphatic carbocycles. The summed E-state index contributed by atoms with van der Waals surface area (Å²) in [7, 11) is 0. The minimum Gasteiger partial charge on any atom is -0.397 e. The van der Waals surface area contributed by atoms with Crippen LogP contribution in [0.4, 0.5) is 10.1 Å². The highest BCUT2D eigenvalue weighted by molar-refractivity contribution is 7.21. The zero-order valence-corrected chi connectivity index (χ0v) is 11.2. The lowest BCUT2D eigenvalue weighted by Crippen LogP contribution is -2.32. The summed E-state index contributed by atoms with van der Waals surface area (Å²) in [6.07, 6.45) is 5.64. The number of terminal acetylenes is 1. The van der Waals surface area contributed by atoms with Gasteiger partial charge in [-0.3, -0.25) is 4.79 Å². The van der Waals surface area contributed by atoms with Crippen LogP contribution in [-0.4, -0.2) is 11.9 Å². The van der Waals surface area contributed by atoms with Crippen LogP contribution in [0.2, 0.25) is 0 Å². The van der Waals surface area contributed by atoms with Gasteiger partial charge in [0.05, 0.1) is 5.69 Å². The van der Waals surface area contributed by atoms with Gasteiger partial charge >= 0.3 is 0 Å². The van der Waals surface area contributed by atoms with Gasteiger partial charge < -0.3 is 11.1 Å². The highest BCUT2D eigenvalue weighted by Crippen LogP contribution is 2.33. The Balaban J connectivity index is 2.33. The molecule has 1 aromatic heterocycles. The number of hydrogen-bond donors (Lipinski definition) is 2. The fraction of sp³-hybridized carbons (Fsp3) is 0.214. The lowest BCUT2D eigenvalue weighted by atomic mass is 10.2. The zero-order chi connectivity index (χ0) is 14.0. The van der Waals surface area contributed by atoms with Crippen molar-refractivity contribution >= 4 is 33.0 Å². The van der Waals surface area contributed by atoms with E-state index in [9.17, 15) is 9.18 Å². The maximum Gasteiger partial charge on any atom is 0.263 e. The van der Waals surface area contributed by atoms with Crippen LogP contribution in [0.3, 0.4) is 0 Å². The Labute approximate surface area is 114 Å². The van der Waals surface area contributed by atoms with Gasteiger partial charge in [0, 0.05) is 22.5 Å². The normalized spacial score (nSPS) is 12.1. The number of thiophene rings is 1. The van der Waals surface area contributed by atoms with Gasteiger partial charge in [0.1, 0.15) is 10.7 Å². The van der Waals surface area contributed by atoms with Gasteiger partial charge in [-0.15, -0.1) is 23.7 Å². The van der Waals surface area contributed by atoms with Gasteiger partial charge in [-0.25, -0.2) is 4.39 Å². The van der Waals surface area contributed by atoms with Crippen LogP contribution >= 0.6 is 11.3 Å². The standard InChI is InChI=1S/C14H13FN2OS/c1-3-4-8(2)17-14(18)13-12(16)10-7-9(15)5-6-11(10)19-13/h1,5-8H,4,16H2,2H3,(H,17,18). The SMILES string of the molecule is C#CCC(C)NC(=O)c1sc2ccc(F)cc2c1N. The molecule has 0 aliphatic rings. The van der Waals surface area contributed by atoms with E-state index in [0.717, 1.165) is 4.70 Å². The second kappa shape index (κ2) is 5.29. The predicted octanol–water partition coefficient (Wildman–Crippen LogP) is 2.76. The van der Waals surface area contributed by atoms with E-state index in [-0.39, 0.29) is 17.8 Å². The topological polar surface area (TPSA) is 55.1 Å². The van der Waals surface area contributed by atoms with Crippen LogP contribution in [0, 0.1) is 18.2 Å². The van der Waals surface area contributed by atoms with Crippen molar-refractivity contribution in [3.05, 3.63) is 28.9 Å². The third kappa shape index (κ3) is 2.69. The molecule has 1 aromatic carbocycles. The van der Waals surface area contributed by atoms with E-state index in [1.54, 1.807) is 6.07 Å². The molecule has 0 saturated heterocycles. The Morgan fingerprint density at radius 1 is 1.63 bits per heavy atom. The molecule has 0 radical (unpaired) electrons. The molecular formula is C14H13FN2OS. The Kier molecular flexibility index (Phi) is 3.72. The average Bonchev–Trinajstić information content (AvgIpc) is 2.67. The van der Waals surface area contributed by atoms with Crippen molar-refractivity contribution < 1.29 is 9.18 Å². The number of benzene rings is 1. The van der Waals surface area contributed by atoms with Crippen LogP contribution in [-0.2, 0) is 0 Å². The maximum absolute atomic E-state index is 13.2. The second-order valence-corrected chi connectivity index (χ2v) is 5.32. The van der Waals surface area contributed by atoms with Crippen molar-refractivity contribution in [2.45, 2.75) is 19.4 Å². The molecule has 0 fully saturated rings. The highest BCUT2D eigenvalue weighted by atomic mass is 32.1.